The van der Waals surface area contributed by atoms with Gasteiger partial charge in [0, 0.05) is 25.7 Å². The van der Waals surface area contributed by atoms with E-state index in [1.807, 2.05) is 0 Å². The van der Waals surface area contributed by atoms with E-state index < -0.39 is 0 Å². The minimum absolute atomic E-state index is 0.108. The fourth-order valence-corrected chi connectivity index (χ4v) is 1.09. The highest BCUT2D eigenvalue weighted by Crippen LogP contribution is 2.00. The molecular weight excluding hydrogens is 196 g/mol. The lowest BCUT2D eigenvalue weighted by atomic mass is 10.2. The molecular formula is C9H14N4O2. The van der Waals surface area contributed by atoms with E-state index in [1.165, 1.54) is 13.1 Å². The highest BCUT2D eigenvalue weighted by atomic mass is 16.2. The first-order valence-corrected chi connectivity index (χ1v) is 4.64. The van der Waals surface area contributed by atoms with E-state index in [9.17, 15) is 9.59 Å². The molecule has 0 bridgehead atoms. The van der Waals surface area contributed by atoms with Crippen LogP contribution < -0.4 is 10.6 Å². The Bertz CT molecular complexity index is 359. The number of hydrogen-bond acceptors (Lipinski definition) is 3. The van der Waals surface area contributed by atoms with Gasteiger partial charge in [-0.25, -0.2) is 0 Å². The number of nitrogens with one attached hydrogen (secondary N) is 3. The van der Waals surface area contributed by atoms with Gasteiger partial charge in [0.1, 0.15) is 0 Å². The number of amides is 2. The van der Waals surface area contributed by atoms with Crippen molar-refractivity contribution in [3.05, 3.63) is 17.5 Å². The molecule has 1 aromatic heterocycles. The largest absolute Gasteiger partial charge is 0.355 e. The summed E-state index contributed by atoms with van der Waals surface area (Å²) < 4.78 is 0. The first-order valence-electron chi connectivity index (χ1n) is 4.64. The molecule has 1 heterocycles. The summed E-state index contributed by atoms with van der Waals surface area (Å²) in [5.41, 5.74) is 1.25. The molecule has 0 aromatic carbocycles. The topological polar surface area (TPSA) is 86.9 Å². The monoisotopic (exact) mass is 210 g/mol. The molecule has 0 aliphatic carbocycles. The zero-order chi connectivity index (χ0) is 11.3. The van der Waals surface area contributed by atoms with E-state index in [0.29, 0.717) is 18.7 Å². The summed E-state index contributed by atoms with van der Waals surface area (Å²) in [6.07, 6.45) is 1.48. The van der Waals surface area contributed by atoms with E-state index >= 15 is 0 Å². The smallest absolute Gasteiger partial charge is 0.254 e. The highest BCUT2D eigenvalue weighted by molar-refractivity contribution is 5.94. The van der Waals surface area contributed by atoms with Crippen molar-refractivity contribution in [2.24, 2.45) is 0 Å². The fraction of sp³-hybridized carbons (Fsp3) is 0.444. The minimum atomic E-state index is -0.188. The first-order chi connectivity index (χ1) is 7.11. The maximum atomic E-state index is 11.5. The number of H-pyrrole nitrogens is 1. The Morgan fingerprint density at radius 1 is 1.40 bits per heavy atom. The summed E-state index contributed by atoms with van der Waals surface area (Å²) in [4.78, 5) is 22.0. The number of carbonyl (C=O) groups excluding carboxylic acids is 2. The van der Waals surface area contributed by atoms with E-state index in [1.54, 1.807) is 6.92 Å². The summed E-state index contributed by atoms with van der Waals surface area (Å²) in [5.74, 6) is -0.296. The van der Waals surface area contributed by atoms with Gasteiger partial charge in [0.15, 0.2) is 0 Å². The van der Waals surface area contributed by atoms with Crippen molar-refractivity contribution < 1.29 is 9.59 Å². The zero-order valence-electron chi connectivity index (χ0n) is 8.76. The number of rotatable bonds is 4. The second kappa shape index (κ2) is 5.14. The van der Waals surface area contributed by atoms with Crippen molar-refractivity contribution >= 4 is 11.8 Å². The lowest BCUT2D eigenvalue weighted by molar-refractivity contribution is -0.118. The third-order valence-corrected chi connectivity index (χ3v) is 1.86. The Labute approximate surface area is 87.4 Å². The van der Waals surface area contributed by atoms with Gasteiger partial charge in [-0.15, -0.1) is 0 Å². The lowest BCUT2D eigenvalue weighted by Gasteiger charge is -2.04. The van der Waals surface area contributed by atoms with Crippen LogP contribution >= 0.6 is 0 Å². The third-order valence-electron chi connectivity index (χ3n) is 1.86. The van der Waals surface area contributed by atoms with Crippen LogP contribution in [0.2, 0.25) is 0 Å². The normalized spacial score (nSPS) is 9.73. The molecule has 0 aliphatic rings. The molecule has 82 valence electrons. The number of nitrogens with zero attached hydrogens (tertiary/aromatic N) is 1. The quantitative estimate of drug-likeness (QED) is 0.590. The lowest BCUT2D eigenvalue weighted by Crippen LogP contribution is -2.33. The standard InChI is InChI=1S/C9H14N4O2/c1-6-8(5-12-13-6)9(15)11-4-3-10-7(2)14/h5H,3-4H2,1-2H3,(H,10,14)(H,11,15)(H,12,13). The number of aromatic nitrogens is 2. The predicted octanol–water partition coefficient (Wildman–Crippen LogP) is -0.416. The van der Waals surface area contributed by atoms with Crippen molar-refractivity contribution in [2.75, 3.05) is 13.1 Å². The van der Waals surface area contributed by atoms with Gasteiger partial charge < -0.3 is 10.6 Å². The summed E-state index contributed by atoms with van der Waals surface area (Å²) in [5, 5.41) is 11.7. The second-order valence-electron chi connectivity index (χ2n) is 3.15. The molecule has 0 unspecified atom stereocenters. The van der Waals surface area contributed by atoms with Gasteiger partial charge in [0.2, 0.25) is 5.91 Å². The van der Waals surface area contributed by atoms with Crippen LogP contribution in [-0.4, -0.2) is 35.1 Å². The van der Waals surface area contributed by atoms with Crippen LogP contribution in [0.25, 0.3) is 0 Å². The van der Waals surface area contributed by atoms with Gasteiger partial charge in [-0.1, -0.05) is 0 Å². The Kier molecular flexibility index (Phi) is 3.84. The van der Waals surface area contributed by atoms with Crippen LogP contribution in [0, 0.1) is 6.92 Å². The Morgan fingerprint density at radius 2 is 2.07 bits per heavy atom. The van der Waals surface area contributed by atoms with Gasteiger partial charge in [0.25, 0.3) is 5.91 Å². The molecule has 0 fully saturated rings. The Hall–Kier alpha value is -1.85. The van der Waals surface area contributed by atoms with Crippen molar-refractivity contribution in [3.63, 3.8) is 0 Å². The van der Waals surface area contributed by atoms with E-state index in [0.717, 1.165) is 5.69 Å². The zero-order valence-corrected chi connectivity index (χ0v) is 8.76. The Morgan fingerprint density at radius 3 is 2.60 bits per heavy atom. The summed E-state index contributed by atoms with van der Waals surface area (Å²) in [7, 11) is 0. The molecule has 1 rings (SSSR count). The van der Waals surface area contributed by atoms with Crippen molar-refractivity contribution in [3.8, 4) is 0 Å². The minimum Gasteiger partial charge on any atom is -0.355 e. The van der Waals surface area contributed by atoms with Crippen LogP contribution in [0.3, 0.4) is 0 Å². The van der Waals surface area contributed by atoms with Crippen LogP contribution in [-0.2, 0) is 4.79 Å². The molecule has 0 saturated heterocycles. The average molecular weight is 210 g/mol. The molecule has 6 nitrogen and oxygen atoms in total. The van der Waals surface area contributed by atoms with Crippen molar-refractivity contribution in [2.45, 2.75) is 13.8 Å². The van der Waals surface area contributed by atoms with Crippen LogP contribution in [0.1, 0.15) is 23.0 Å². The van der Waals surface area contributed by atoms with Crippen LogP contribution in [0.5, 0.6) is 0 Å². The SMILES string of the molecule is CC(=O)NCCNC(=O)c1cn[nH]c1C. The predicted molar refractivity (Wildman–Crippen MR) is 54.3 cm³/mol. The molecule has 3 N–H and O–H groups in total. The average Bonchev–Trinajstić information content (AvgIpc) is 2.58. The molecule has 15 heavy (non-hydrogen) atoms. The molecule has 6 heteroatoms. The summed E-state index contributed by atoms with van der Waals surface area (Å²) in [6, 6.07) is 0. The summed E-state index contributed by atoms with van der Waals surface area (Å²) >= 11 is 0. The van der Waals surface area contributed by atoms with Gasteiger partial charge in [-0.2, -0.15) is 5.10 Å². The molecule has 0 spiro atoms. The third kappa shape index (κ3) is 3.41. The van der Waals surface area contributed by atoms with E-state index in [-0.39, 0.29) is 11.8 Å². The molecule has 2 amide bonds. The second-order valence-corrected chi connectivity index (χ2v) is 3.15. The maximum absolute atomic E-state index is 11.5. The first kappa shape index (κ1) is 11.2. The molecule has 0 saturated carbocycles. The van der Waals surface area contributed by atoms with E-state index in [4.69, 9.17) is 0 Å². The Balaban J connectivity index is 2.31. The van der Waals surface area contributed by atoms with E-state index in [2.05, 4.69) is 20.8 Å². The van der Waals surface area contributed by atoms with Gasteiger partial charge in [-0.3, -0.25) is 14.7 Å². The number of hydrogen-bond donors (Lipinski definition) is 3. The molecule has 1 aromatic rings. The van der Waals surface area contributed by atoms with Crippen LogP contribution in [0.15, 0.2) is 6.20 Å². The number of aryl methyl sites for hydroxylation is 1. The van der Waals surface area contributed by atoms with Crippen molar-refractivity contribution in [1.82, 2.24) is 20.8 Å². The molecule has 0 aliphatic heterocycles. The van der Waals surface area contributed by atoms with Gasteiger partial charge in [-0.05, 0) is 6.92 Å². The van der Waals surface area contributed by atoms with Crippen molar-refractivity contribution in [1.29, 1.82) is 0 Å². The van der Waals surface area contributed by atoms with Gasteiger partial charge >= 0.3 is 0 Å². The number of aromatic amines is 1. The molecule has 0 radical (unpaired) electrons. The maximum Gasteiger partial charge on any atom is 0.254 e. The molecule has 0 atom stereocenters. The van der Waals surface area contributed by atoms with Crippen LogP contribution in [0.4, 0.5) is 0 Å². The highest BCUT2D eigenvalue weighted by Gasteiger charge is 2.09. The fourth-order valence-electron chi connectivity index (χ4n) is 1.09. The number of carbonyl (C=O) groups is 2. The van der Waals surface area contributed by atoms with Gasteiger partial charge in [0.05, 0.1) is 11.8 Å². The summed E-state index contributed by atoms with van der Waals surface area (Å²) in [6.45, 7) is 4.04.